The smallest absolute Gasteiger partial charge is 0.320 e. The molecular formula is C21H27N5O2. The quantitative estimate of drug-likeness (QED) is 0.885. The van der Waals surface area contributed by atoms with E-state index >= 15 is 0 Å². The Bertz CT molecular complexity index is 814. The number of hydrogen-bond donors (Lipinski definition) is 1. The van der Waals surface area contributed by atoms with Crippen molar-refractivity contribution in [3.8, 4) is 0 Å². The van der Waals surface area contributed by atoms with E-state index in [9.17, 15) is 9.59 Å². The van der Waals surface area contributed by atoms with Crippen molar-refractivity contribution in [2.45, 2.75) is 32.2 Å². The molecule has 0 unspecified atom stereocenters. The number of nitrogens with zero attached hydrogens (tertiary/aromatic N) is 4. The highest BCUT2D eigenvalue weighted by atomic mass is 16.2. The molecule has 7 heteroatoms. The van der Waals surface area contributed by atoms with Gasteiger partial charge in [0.25, 0.3) is 0 Å². The summed E-state index contributed by atoms with van der Waals surface area (Å²) in [5.74, 6) is -0.162. The molecular weight excluding hydrogens is 354 g/mol. The van der Waals surface area contributed by atoms with Gasteiger partial charge in [0.05, 0.1) is 12.5 Å². The summed E-state index contributed by atoms with van der Waals surface area (Å²) >= 11 is 0. The van der Waals surface area contributed by atoms with Crippen LogP contribution in [-0.4, -0.2) is 57.7 Å². The molecule has 148 valence electrons. The second-order valence-electron chi connectivity index (χ2n) is 7.66. The van der Waals surface area contributed by atoms with Crippen molar-refractivity contribution in [3.63, 3.8) is 0 Å². The molecule has 28 heavy (non-hydrogen) atoms. The molecule has 0 bridgehead atoms. The molecule has 1 aromatic carbocycles. The lowest BCUT2D eigenvalue weighted by Gasteiger charge is -2.34. The standard InChI is InChI=1S/C21H27N5O2/c27-20(18-7-4-12-25(16-18)21(28)24-10-1-2-11-24)23-19-8-3-6-17(14-19)15-26-13-5-9-22-26/h3,5-6,8-9,13-14,18H,1-2,4,7,10-12,15-16H2,(H,23,27)/t18-/m1/s1. The fourth-order valence-electron chi connectivity index (χ4n) is 4.05. The van der Waals surface area contributed by atoms with Crippen LogP contribution < -0.4 is 5.32 Å². The van der Waals surface area contributed by atoms with Gasteiger partial charge in [-0.05, 0) is 49.4 Å². The minimum absolute atomic E-state index is 0.00448. The number of hydrogen-bond acceptors (Lipinski definition) is 3. The maximum Gasteiger partial charge on any atom is 0.320 e. The molecule has 7 nitrogen and oxygen atoms in total. The van der Waals surface area contributed by atoms with E-state index in [1.165, 1.54) is 0 Å². The summed E-state index contributed by atoms with van der Waals surface area (Å²) in [7, 11) is 0. The Hall–Kier alpha value is -2.83. The lowest BCUT2D eigenvalue weighted by Crippen LogP contribution is -2.48. The summed E-state index contributed by atoms with van der Waals surface area (Å²) in [6, 6.07) is 9.84. The van der Waals surface area contributed by atoms with E-state index in [0.29, 0.717) is 13.1 Å². The van der Waals surface area contributed by atoms with E-state index in [-0.39, 0.29) is 17.9 Å². The Labute approximate surface area is 165 Å². The molecule has 0 aliphatic carbocycles. The minimum Gasteiger partial charge on any atom is -0.326 e. The predicted octanol–water partition coefficient (Wildman–Crippen LogP) is 2.80. The number of carbonyl (C=O) groups excluding carboxylic acids is 2. The molecule has 4 rings (SSSR count). The normalized spacial score (nSPS) is 19.6. The largest absolute Gasteiger partial charge is 0.326 e. The van der Waals surface area contributed by atoms with E-state index < -0.39 is 0 Å². The topological polar surface area (TPSA) is 70.5 Å². The second-order valence-corrected chi connectivity index (χ2v) is 7.66. The summed E-state index contributed by atoms with van der Waals surface area (Å²) in [5, 5.41) is 7.26. The van der Waals surface area contributed by atoms with Crippen molar-refractivity contribution < 1.29 is 9.59 Å². The lowest BCUT2D eigenvalue weighted by atomic mass is 9.97. The third-order valence-electron chi connectivity index (χ3n) is 5.54. The highest BCUT2D eigenvalue weighted by Gasteiger charge is 2.31. The summed E-state index contributed by atoms with van der Waals surface area (Å²) in [5.41, 5.74) is 1.87. The van der Waals surface area contributed by atoms with E-state index in [1.807, 2.05) is 51.0 Å². The fraction of sp³-hybridized carbons (Fsp3) is 0.476. The molecule has 0 radical (unpaired) electrons. The zero-order valence-corrected chi connectivity index (χ0v) is 16.1. The summed E-state index contributed by atoms with van der Waals surface area (Å²) < 4.78 is 1.85. The average Bonchev–Trinajstić information content (AvgIpc) is 3.42. The number of nitrogens with one attached hydrogen (secondary N) is 1. The van der Waals surface area contributed by atoms with Crippen LogP contribution in [0.5, 0.6) is 0 Å². The van der Waals surface area contributed by atoms with E-state index in [2.05, 4.69) is 10.4 Å². The molecule has 0 saturated carbocycles. The minimum atomic E-state index is -0.157. The number of amides is 3. The SMILES string of the molecule is O=C(Nc1cccc(Cn2cccn2)c1)[C@@H]1CCCN(C(=O)N2CCCC2)C1. The maximum atomic E-state index is 12.8. The summed E-state index contributed by atoms with van der Waals surface area (Å²) in [4.78, 5) is 29.2. The van der Waals surface area contributed by atoms with Gasteiger partial charge in [0.2, 0.25) is 5.91 Å². The van der Waals surface area contributed by atoms with Gasteiger partial charge in [-0.1, -0.05) is 12.1 Å². The van der Waals surface area contributed by atoms with E-state index in [1.54, 1.807) is 6.20 Å². The van der Waals surface area contributed by atoms with Crippen molar-refractivity contribution >= 4 is 17.6 Å². The number of carbonyl (C=O) groups is 2. The molecule has 2 aromatic rings. The van der Waals surface area contributed by atoms with Crippen LogP contribution in [0.3, 0.4) is 0 Å². The molecule has 2 aliphatic heterocycles. The number of piperidine rings is 1. The third kappa shape index (κ3) is 4.35. The predicted molar refractivity (Wildman–Crippen MR) is 107 cm³/mol. The molecule has 1 aromatic heterocycles. The highest BCUT2D eigenvalue weighted by Crippen LogP contribution is 2.22. The van der Waals surface area contributed by atoms with Gasteiger partial charge in [-0.3, -0.25) is 9.48 Å². The van der Waals surface area contributed by atoms with Gasteiger partial charge in [-0.2, -0.15) is 5.10 Å². The van der Waals surface area contributed by atoms with Crippen LogP contribution in [-0.2, 0) is 11.3 Å². The summed E-state index contributed by atoms with van der Waals surface area (Å²) in [6.07, 6.45) is 7.53. The zero-order valence-electron chi connectivity index (χ0n) is 16.1. The van der Waals surface area contributed by atoms with Gasteiger partial charge in [-0.15, -0.1) is 0 Å². The Balaban J connectivity index is 1.35. The van der Waals surface area contributed by atoms with Crippen LogP contribution in [0.15, 0.2) is 42.7 Å². The first-order valence-corrected chi connectivity index (χ1v) is 10.1. The van der Waals surface area contributed by atoms with E-state index in [0.717, 1.165) is 56.6 Å². The Morgan fingerprint density at radius 2 is 1.89 bits per heavy atom. The third-order valence-corrected chi connectivity index (χ3v) is 5.54. The zero-order chi connectivity index (χ0) is 19.3. The van der Waals surface area contributed by atoms with Gasteiger partial charge in [-0.25, -0.2) is 4.79 Å². The number of aromatic nitrogens is 2. The lowest BCUT2D eigenvalue weighted by molar-refractivity contribution is -0.121. The first-order chi connectivity index (χ1) is 13.7. The van der Waals surface area contributed by atoms with Crippen molar-refractivity contribution in [2.75, 3.05) is 31.5 Å². The summed E-state index contributed by atoms with van der Waals surface area (Å²) in [6.45, 7) is 3.61. The van der Waals surface area contributed by atoms with Crippen LogP contribution in [0.4, 0.5) is 10.5 Å². The molecule has 3 heterocycles. The van der Waals surface area contributed by atoms with Crippen LogP contribution in [0, 0.1) is 5.92 Å². The van der Waals surface area contributed by atoms with Crippen molar-refractivity contribution in [1.29, 1.82) is 0 Å². The molecule has 1 atom stereocenters. The molecule has 2 fully saturated rings. The first-order valence-electron chi connectivity index (χ1n) is 10.1. The van der Waals surface area contributed by atoms with Gasteiger partial charge in [0.15, 0.2) is 0 Å². The maximum absolute atomic E-state index is 12.8. The molecule has 3 amide bonds. The first kappa shape index (κ1) is 18.5. The van der Waals surface area contributed by atoms with Crippen molar-refractivity contribution in [1.82, 2.24) is 19.6 Å². The van der Waals surface area contributed by atoms with Crippen LogP contribution in [0.2, 0.25) is 0 Å². The second kappa shape index (κ2) is 8.46. The van der Waals surface area contributed by atoms with Gasteiger partial charge >= 0.3 is 6.03 Å². The number of benzene rings is 1. The van der Waals surface area contributed by atoms with Crippen molar-refractivity contribution in [3.05, 3.63) is 48.3 Å². The van der Waals surface area contributed by atoms with E-state index in [4.69, 9.17) is 0 Å². The average molecular weight is 381 g/mol. The van der Waals surface area contributed by atoms with Gasteiger partial charge in [0.1, 0.15) is 0 Å². The number of urea groups is 1. The number of likely N-dealkylation sites (tertiary alicyclic amines) is 2. The molecule has 0 spiro atoms. The molecule has 1 N–H and O–H groups in total. The molecule has 2 aliphatic rings. The van der Waals surface area contributed by atoms with Gasteiger partial charge in [0, 0.05) is 44.3 Å². The Kier molecular flexibility index (Phi) is 5.60. The highest BCUT2D eigenvalue weighted by molar-refractivity contribution is 5.93. The van der Waals surface area contributed by atoms with Crippen LogP contribution in [0.1, 0.15) is 31.2 Å². The molecule has 2 saturated heterocycles. The monoisotopic (exact) mass is 381 g/mol. The van der Waals surface area contributed by atoms with Crippen LogP contribution in [0.25, 0.3) is 0 Å². The van der Waals surface area contributed by atoms with Gasteiger partial charge < -0.3 is 15.1 Å². The fourth-order valence-corrected chi connectivity index (χ4v) is 4.05. The number of anilines is 1. The Morgan fingerprint density at radius 3 is 2.68 bits per heavy atom. The Morgan fingerprint density at radius 1 is 1.07 bits per heavy atom. The van der Waals surface area contributed by atoms with Crippen LogP contribution >= 0.6 is 0 Å². The number of rotatable bonds is 4. The van der Waals surface area contributed by atoms with Crippen molar-refractivity contribution in [2.24, 2.45) is 5.92 Å².